The second-order valence-corrected chi connectivity index (χ2v) is 12.1. The number of benzene rings is 3. The quantitative estimate of drug-likeness (QED) is 0.293. The van der Waals surface area contributed by atoms with Gasteiger partial charge in [-0.15, -0.1) is 0 Å². The average Bonchev–Trinajstić information content (AvgIpc) is 2.91. The summed E-state index contributed by atoms with van der Waals surface area (Å²) in [6, 6.07) is 18.0. The number of ether oxygens (including phenoxy) is 1. The summed E-state index contributed by atoms with van der Waals surface area (Å²) in [5.74, 6) is -0.401. The van der Waals surface area contributed by atoms with E-state index in [0.717, 1.165) is 4.31 Å². The summed E-state index contributed by atoms with van der Waals surface area (Å²) in [5, 5.41) is 3.62. The Morgan fingerprint density at radius 1 is 0.925 bits per heavy atom. The highest BCUT2D eigenvalue weighted by atomic mass is 35.5. The molecule has 8 nitrogen and oxygen atoms in total. The number of halogens is 2. The van der Waals surface area contributed by atoms with E-state index in [0.29, 0.717) is 28.0 Å². The van der Waals surface area contributed by atoms with Crippen molar-refractivity contribution in [2.24, 2.45) is 0 Å². The van der Waals surface area contributed by atoms with Crippen molar-refractivity contribution in [2.75, 3.05) is 17.5 Å². The summed E-state index contributed by atoms with van der Waals surface area (Å²) in [7, 11) is -4.21. The molecule has 3 rings (SSSR count). The van der Waals surface area contributed by atoms with Crippen molar-refractivity contribution in [2.45, 2.75) is 51.2 Å². The van der Waals surface area contributed by atoms with Gasteiger partial charge in [0, 0.05) is 22.6 Å². The number of carbonyl (C=O) groups excluding carboxylic acids is 2. The predicted octanol–water partition coefficient (Wildman–Crippen LogP) is 5.53. The minimum absolute atomic E-state index is 0.00327. The molecular formula is C29H33Cl2N3O5S. The van der Waals surface area contributed by atoms with E-state index >= 15 is 0 Å². The van der Waals surface area contributed by atoms with E-state index in [-0.39, 0.29) is 29.1 Å². The maximum atomic E-state index is 13.9. The minimum atomic E-state index is -4.21. The number of rotatable bonds is 12. The molecule has 1 unspecified atom stereocenters. The van der Waals surface area contributed by atoms with E-state index in [9.17, 15) is 18.0 Å². The Morgan fingerprint density at radius 2 is 1.55 bits per heavy atom. The van der Waals surface area contributed by atoms with Gasteiger partial charge in [0.2, 0.25) is 11.8 Å². The number of hydrogen-bond donors (Lipinski definition) is 1. The molecule has 0 aromatic heterocycles. The molecule has 0 bridgehead atoms. The molecule has 1 N–H and O–H groups in total. The van der Waals surface area contributed by atoms with Crippen LogP contribution in [0.25, 0.3) is 0 Å². The second-order valence-electron chi connectivity index (χ2n) is 9.34. The minimum Gasteiger partial charge on any atom is -0.494 e. The number of sulfonamides is 1. The molecule has 0 aliphatic rings. The fourth-order valence-corrected chi connectivity index (χ4v) is 5.67. The first-order chi connectivity index (χ1) is 18.9. The van der Waals surface area contributed by atoms with Crippen LogP contribution >= 0.6 is 23.2 Å². The lowest BCUT2D eigenvalue weighted by Gasteiger charge is -2.32. The number of hydrogen-bond acceptors (Lipinski definition) is 5. The number of nitrogens with one attached hydrogen (secondary N) is 1. The maximum absolute atomic E-state index is 13.9. The van der Waals surface area contributed by atoms with Gasteiger partial charge in [0.1, 0.15) is 18.3 Å². The van der Waals surface area contributed by atoms with Crippen LogP contribution < -0.4 is 14.4 Å². The van der Waals surface area contributed by atoms with E-state index in [2.05, 4.69) is 5.32 Å². The summed E-state index contributed by atoms with van der Waals surface area (Å²) in [6.07, 6.45) is 0. The van der Waals surface area contributed by atoms with Gasteiger partial charge in [-0.2, -0.15) is 0 Å². The van der Waals surface area contributed by atoms with E-state index in [4.69, 9.17) is 27.9 Å². The topological polar surface area (TPSA) is 96.0 Å². The first-order valence-electron chi connectivity index (χ1n) is 12.8. The van der Waals surface area contributed by atoms with E-state index < -0.39 is 28.5 Å². The highest BCUT2D eigenvalue weighted by molar-refractivity contribution is 7.92. The van der Waals surface area contributed by atoms with Gasteiger partial charge >= 0.3 is 0 Å². The van der Waals surface area contributed by atoms with Crippen LogP contribution in [0.15, 0.2) is 77.7 Å². The van der Waals surface area contributed by atoms with Crippen molar-refractivity contribution in [3.8, 4) is 5.75 Å². The molecule has 0 aliphatic carbocycles. The molecular weight excluding hydrogens is 573 g/mol. The fourth-order valence-electron chi connectivity index (χ4n) is 3.94. The van der Waals surface area contributed by atoms with Crippen molar-refractivity contribution in [1.82, 2.24) is 10.2 Å². The molecule has 0 fully saturated rings. The van der Waals surface area contributed by atoms with Gasteiger partial charge < -0.3 is 15.0 Å². The Bertz CT molecular complexity index is 1410. The van der Waals surface area contributed by atoms with Crippen LogP contribution in [-0.4, -0.2) is 50.4 Å². The molecule has 0 saturated carbocycles. The van der Waals surface area contributed by atoms with E-state index in [1.807, 2.05) is 20.8 Å². The van der Waals surface area contributed by atoms with Crippen LogP contribution in [0.4, 0.5) is 5.69 Å². The number of anilines is 1. The highest BCUT2D eigenvalue weighted by Gasteiger charge is 2.33. The van der Waals surface area contributed by atoms with Crippen molar-refractivity contribution < 1.29 is 22.7 Å². The largest absolute Gasteiger partial charge is 0.494 e. The van der Waals surface area contributed by atoms with Gasteiger partial charge in [-0.25, -0.2) is 8.42 Å². The molecule has 214 valence electrons. The zero-order valence-corrected chi connectivity index (χ0v) is 25.1. The lowest BCUT2D eigenvalue weighted by Crippen LogP contribution is -2.52. The van der Waals surface area contributed by atoms with E-state index in [1.54, 1.807) is 55.5 Å². The molecule has 1 atom stereocenters. The van der Waals surface area contributed by atoms with Crippen LogP contribution in [0.2, 0.25) is 10.0 Å². The third-order valence-electron chi connectivity index (χ3n) is 6.01. The van der Waals surface area contributed by atoms with Crippen LogP contribution in [0, 0.1) is 0 Å². The van der Waals surface area contributed by atoms with Gasteiger partial charge in [0.25, 0.3) is 10.0 Å². The second kappa shape index (κ2) is 13.9. The Hall–Kier alpha value is -3.27. The maximum Gasteiger partial charge on any atom is 0.264 e. The van der Waals surface area contributed by atoms with Gasteiger partial charge in [0.15, 0.2) is 0 Å². The number of amides is 2. The van der Waals surface area contributed by atoms with Gasteiger partial charge in [0.05, 0.1) is 17.2 Å². The molecule has 40 heavy (non-hydrogen) atoms. The summed E-state index contributed by atoms with van der Waals surface area (Å²) in [5.41, 5.74) is 0.874. The van der Waals surface area contributed by atoms with Crippen molar-refractivity contribution >= 4 is 50.7 Å². The normalized spacial score (nSPS) is 12.1. The summed E-state index contributed by atoms with van der Waals surface area (Å²) >= 11 is 12.4. The zero-order chi connectivity index (χ0) is 29.4. The Kier molecular flexibility index (Phi) is 10.8. The molecule has 3 aromatic rings. The molecule has 0 aliphatic heterocycles. The lowest BCUT2D eigenvalue weighted by molar-refractivity contribution is -0.139. The van der Waals surface area contributed by atoms with Crippen LogP contribution in [-0.2, 0) is 26.2 Å². The first-order valence-corrected chi connectivity index (χ1v) is 15.0. The van der Waals surface area contributed by atoms with Crippen molar-refractivity contribution in [3.63, 3.8) is 0 Å². The lowest BCUT2D eigenvalue weighted by atomic mass is 10.1. The van der Waals surface area contributed by atoms with Crippen LogP contribution in [0.5, 0.6) is 5.75 Å². The zero-order valence-electron chi connectivity index (χ0n) is 22.8. The van der Waals surface area contributed by atoms with Crippen molar-refractivity contribution in [1.29, 1.82) is 0 Å². The van der Waals surface area contributed by atoms with Crippen LogP contribution in [0.1, 0.15) is 33.3 Å². The molecule has 0 heterocycles. The molecule has 0 radical (unpaired) electrons. The predicted molar refractivity (Wildman–Crippen MR) is 158 cm³/mol. The Morgan fingerprint density at radius 3 is 2.12 bits per heavy atom. The van der Waals surface area contributed by atoms with Gasteiger partial charge in [-0.3, -0.25) is 13.9 Å². The third-order valence-corrected chi connectivity index (χ3v) is 8.42. The standard InChI is InChI=1S/C29H33Cl2N3O5S/c1-5-39-25-14-12-24(13-15-25)34(40(37,38)26-16-10-23(30)11-17-26)19-28(35)33(21(4)29(36)32-20(2)3)18-22-8-6-7-9-27(22)31/h6-17,20-21H,5,18-19H2,1-4H3,(H,32,36). The SMILES string of the molecule is CCOc1ccc(N(CC(=O)N(Cc2ccccc2Cl)C(C)C(=O)NC(C)C)S(=O)(=O)c2ccc(Cl)cc2)cc1. The Balaban J connectivity index is 2.04. The molecule has 3 aromatic carbocycles. The summed E-state index contributed by atoms with van der Waals surface area (Å²) in [4.78, 5) is 28.2. The third kappa shape index (κ3) is 7.90. The monoisotopic (exact) mass is 605 g/mol. The van der Waals surface area contributed by atoms with E-state index in [1.165, 1.54) is 29.2 Å². The molecule has 0 saturated heterocycles. The fraction of sp³-hybridized carbons (Fsp3) is 0.310. The molecule has 2 amide bonds. The molecule has 11 heteroatoms. The summed E-state index contributed by atoms with van der Waals surface area (Å²) < 4.78 is 34.2. The molecule has 0 spiro atoms. The van der Waals surface area contributed by atoms with Crippen LogP contribution in [0.3, 0.4) is 0 Å². The highest BCUT2D eigenvalue weighted by Crippen LogP contribution is 2.28. The first kappa shape index (κ1) is 31.3. The van der Waals surface area contributed by atoms with Crippen molar-refractivity contribution in [3.05, 3.63) is 88.4 Å². The number of carbonyl (C=O) groups is 2. The smallest absolute Gasteiger partial charge is 0.264 e. The summed E-state index contributed by atoms with van der Waals surface area (Å²) in [6.45, 7) is 6.95. The Labute approximate surface area is 245 Å². The number of nitrogens with zero attached hydrogens (tertiary/aromatic N) is 2. The van der Waals surface area contributed by atoms with Gasteiger partial charge in [-0.05, 0) is 87.9 Å². The average molecular weight is 607 g/mol. The van der Waals surface area contributed by atoms with Gasteiger partial charge in [-0.1, -0.05) is 41.4 Å².